The van der Waals surface area contributed by atoms with E-state index in [0.717, 1.165) is 55.1 Å². The standard InChI is InChI=1S/C32H47N5O3/c1-4-9-23-19-24(14-15-35(23)25-17-21-10-5-6-11-22(16-21)18-25)37-27-13-8-7-12-26(27)33-30(31(37)38)36-20-28(34(2)3)29(36)32(39)40/h7-8,12-13,21-25,28-29H,4-6,9-11,14-20H2,1-3H3,(H,39,40)/t21-,22+,23-,24-,25?,28-,29+/m1/s1. The van der Waals surface area contributed by atoms with Gasteiger partial charge in [-0.2, -0.15) is 0 Å². The van der Waals surface area contributed by atoms with E-state index in [1.165, 1.54) is 44.9 Å². The summed E-state index contributed by atoms with van der Waals surface area (Å²) in [5.41, 5.74) is 1.49. The van der Waals surface area contributed by atoms with Crippen molar-refractivity contribution in [2.75, 3.05) is 32.1 Å². The summed E-state index contributed by atoms with van der Waals surface area (Å²) in [5.74, 6) is 1.17. The number of likely N-dealkylation sites (N-methyl/N-ethyl adjacent to an activating group) is 1. The molecule has 0 radical (unpaired) electrons. The molecule has 1 aromatic heterocycles. The van der Waals surface area contributed by atoms with Crippen LogP contribution in [-0.2, 0) is 4.79 Å². The van der Waals surface area contributed by atoms with Gasteiger partial charge in [0, 0.05) is 31.2 Å². The molecule has 1 unspecified atom stereocenters. The predicted octanol–water partition coefficient (Wildman–Crippen LogP) is 4.76. The third kappa shape index (κ3) is 5.06. The van der Waals surface area contributed by atoms with Crippen molar-refractivity contribution >= 4 is 22.8 Å². The first-order valence-electron chi connectivity index (χ1n) is 15.8. The molecule has 2 aliphatic carbocycles. The Labute approximate surface area is 238 Å². The molecular formula is C32H47N5O3. The Kier molecular flexibility index (Phi) is 7.92. The van der Waals surface area contributed by atoms with Crippen LogP contribution in [0.15, 0.2) is 29.1 Å². The van der Waals surface area contributed by atoms with Gasteiger partial charge in [0.25, 0.3) is 5.56 Å². The van der Waals surface area contributed by atoms with Gasteiger partial charge in [-0.1, -0.05) is 51.2 Å². The lowest BCUT2D eigenvalue weighted by atomic mass is 9.76. The summed E-state index contributed by atoms with van der Waals surface area (Å²) in [7, 11) is 3.79. The summed E-state index contributed by atoms with van der Waals surface area (Å²) in [6.07, 6.45) is 14.0. The van der Waals surface area contributed by atoms with Gasteiger partial charge in [-0.15, -0.1) is 0 Å². The van der Waals surface area contributed by atoms with Crippen molar-refractivity contribution in [3.8, 4) is 0 Å². The number of aliphatic carboxylic acids is 1. The van der Waals surface area contributed by atoms with Crippen LogP contribution in [0.4, 0.5) is 5.82 Å². The van der Waals surface area contributed by atoms with Gasteiger partial charge in [-0.25, -0.2) is 9.78 Å². The Morgan fingerprint density at radius 2 is 1.75 bits per heavy atom. The predicted molar refractivity (Wildman–Crippen MR) is 159 cm³/mol. The third-order valence-corrected chi connectivity index (χ3v) is 10.6. The van der Waals surface area contributed by atoms with Crippen molar-refractivity contribution < 1.29 is 9.90 Å². The second-order valence-electron chi connectivity index (χ2n) is 13.3. The molecule has 2 saturated carbocycles. The lowest BCUT2D eigenvalue weighted by molar-refractivity contribution is -0.142. The number of benzene rings is 1. The molecule has 2 aromatic rings. The normalized spacial score (nSPS) is 33.1. The zero-order valence-corrected chi connectivity index (χ0v) is 24.5. The van der Waals surface area contributed by atoms with E-state index in [4.69, 9.17) is 4.98 Å². The molecule has 2 bridgehead atoms. The van der Waals surface area contributed by atoms with Crippen molar-refractivity contribution in [1.82, 2.24) is 19.4 Å². The quantitative estimate of drug-likeness (QED) is 0.533. The number of fused-ring (bicyclic) bond motifs is 3. The minimum Gasteiger partial charge on any atom is -0.480 e. The monoisotopic (exact) mass is 549 g/mol. The molecular weight excluding hydrogens is 502 g/mol. The number of hydrogen-bond donors (Lipinski definition) is 1. The van der Waals surface area contributed by atoms with E-state index in [2.05, 4.69) is 11.8 Å². The number of aromatic nitrogens is 2. The van der Waals surface area contributed by atoms with E-state index in [0.29, 0.717) is 18.6 Å². The van der Waals surface area contributed by atoms with E-state index in [9.17, 15) is 14.7 Å². The third-order valence-electron chi connectivity index (χ3n) is 10.6. The lowest BCUT2D eigenvalue weighted by Gasteiger charge is -2.49. The van der Waals surface area contributed by atoms with Gasteiger partial charge in [-0.3, -0.25) is 9.69 Å². The average molecular weight is 550 g/mol. The maximum Gasteiger partial charge on any atom is 0.328 e. The van der Waals surface area contributed by atoms with Gasteiger partial charge in [0.1, 0.15) is 6.04 Å². The second-order valence-corrected chi connectivity index (χ2v) is 13.3. The summed E-state index contributed by atoms with van der Waals surface area (Å²) in [6.45, 7) is 3.80. The SMILES string of the molecule is CCC[C@@H]1C[C@H](n2c(=O)c(N3C[C@@H](N(C)C)[C@H]3C(=O)O)nc3ccccc32)CCN1C1C[C@H]2CCCC[C@@H](C1)C2. The first kappa shape index (κ1) is 27.7. The van der Waals surface area contributed by atoms with Crippen molar-refractivity contribution in [1.29, 1.82) is 0 Å². The average Bonchev–Trinajstić information content (AvgIpc) is 3.07. The second kappa shape index (κ2) is 11.4. The van der Waals surface area contributed by atoms with Crippen molar-refractivity contribution in [2.24, 2.45) is 11.8 Å². The highest BCUT2D eigenvalue weighted by Gasteiger charge is 2.47. The molecule has 4 fully saturated rings. The summed E-state index contributed by atoms with van der Waals surface area (Å²) in [4.78, 5) is 37.7. The van der Waals surface area contributed by atoms with Crippen LogP contribution in [0.3, 0.4) is 0 Å². The Bertz CT molecular complexity index is 1260. The molecule has 0 spiro atoms. The molecule has 7 atom stereocenters. The molecule has 3 heterocycles. The van der Waals surface area contributed by atoms with Gasteiger partial charge in [0.2, 0.25) is 0 Å². The number of carbonyl (C=O) groups is 1. The van der Waals surface area contributed by atoms with Crippen LogP contribution in [0.1, 0.15) is 83.6 Å². The highest BCUT2D eigenvalue weighted by atomic mass is 16.4. The van der Waals surface area contributed by atoms with Crippen LogP contribution in [0.2, 0.25) is 0 Å². The van der Waals surface area contributed by atoms with Crippen molar-refractivity contribution in [2.45, 2.75) is 108 Å². The van der Waals surface area contributed by atoms with E-state index in [1.54, 1.807) is 4.90 Å². The molecule has 40 heavy (non-hydrogen) atoms. The van der Waals surface area contributed by atoms with E-state index < -0.39 is 12.0 Å². The van der Waals surface area contributed by atoms with E-state index in [1.807, 2.05) is 47.8 Å². The Hall–Kier alpha value is -2.45. The number of carboxylic acids is 1. The van der Waals surface area contributed by atoms with Gasteiger partial charge < -0.3 is 19.5 Å². The fourth-order valence-electron chi connectivity index (χ4n) is 8.66. The molecule has 2 aliphatic heterocycles. The minimum absolute atomic E-state index is 0.0898. The van der Waals surface area contributed by atoms with Crippen LogP contribution in [-0.4, -0.2) is 81.8 Å². The molecule has 6 rings (SSSR count). The smallest absolute Gasteiger partial charge is 0.328 e. The first-order chi connectivity index (χ1) is 19.4. The van der Waals surface area contributed by atoms with Crippen LogP contribution in [0.25, 0.3) is 11.0 Å². The molecule has 2 saturated heterocycles. The summed E-state index contributed by atoms with van der Waals surface area (Å²) in [6, 6.07) is 8.23. The van der Waals surface area contributed by atoms with E-state index >= 15 is 0 Å². The van der Waals surface area contributed by atoms with Gasteiger partial charge in [0.15, 0.2) is 5.82 Å². The fraction of sp³-hybridized carbons (Fsp3) is 0.719. The van der Waals surface area contributed by atoms with E-state index in [-0.39, 0.29) is 23.5 Å². The molecule has 1 N–H and O–H groups in total. The number of carboxylic acid groups (broad SMARTS) is 1. The van der Waals surface area contributed by atoms with Crippen molar-refractivity contribution in [3.63, 3.8) is 0 Å². The highest BCUT2D eigenvalue weighted by molar-refractivity contribution is 5.83. The number of nitrogens with zero attached hydrogens (tertiary/aromatic N) is 5. The van der Waals surface area contributed by atoms with Gasteiger partial charge in [-0.05, 0) is 76.6 Å². The number of likely N-dealkylation sites (tertiary alicyclic amines) is 1. The molecule has 8 heteroatoms. The lowest BCUT2D eigenvalue weighted by Crippen LogP contribution is -2.69. The Balaban J connectivity index is 1.31. The molecule has 0 amide bonds. The van der Waals surface area contributed by atoms with Crippen LogP contribution >= 0.6 is 0 Å². The van der Waals surface area contributed by atoms with Gasteiger partial charge in [0.05, 0.1) is 17.1 Å². The van der Waals surface area contributed by atoms with Crippen LogP contribution in [0.5, 0.6) is 0 Å². The minimum atomic E-state index is -0.907. The topological polar surface area (TPSA) is 81.9 Å². The Morgan fingerprint density at radius 3 is 2.42 bits per heavy atom. The summed E-state index contributed by atoms with van der Waals surface area (Å²) in [5, 5.41) is 10.0. The number of hydrogen-bond acceptors (Lipinski definition) is 6. The van der Waals surface area contributed by atoms with Crippen LogP contribution in [0, 0.1) is 11.8 Å². The molecule has 1 aromatic carbocycles. The van der Waals surface area contributed by atoms with Gasteiger partial charge >= 0.3 is 5.97 Å². The Morgan fingerprint density at radius 1 is 1.02 bits per heavy atom. The van der Waals surface area contributed by atoms with Crippen LogP contribution < -0.4 is 10.5 Å². The summed E-state index contributed by atoms with van der Waals surface area (Å²) >= 11 is 0. The number of rotatable bonds is 7. The molecule has 218 valence electrons. The first-order valence-corrected chi connectivity index (χ1v) is 15.8. The molecule has 8 nitrogen and oxygen atoms in total. The molecule has 4 aliphatic rings. The maximum absolute atomic E-state index is 14.2. The highest BCUT2D eigenvalue weighted by Crippen LogP contribution is 2.43. The van der Waals surface area contributed by atoms with Crippen molar-refractivity contribution in [3.05, 3.63) is 34.6 Å². The maximum atomic E-state index is 14.2. The number of para-hydroxylation sites is 2. The zero-order chi connectivity index (χ0) is 28.0. The number of piperidine rings is 1. The fourth-order valence-corrected chi connectivity index (χ4v) is 8.66. The summed E-state index contributed by atoms with van der Waals surface area (Å²) < 4.78 is 1.99. The zero-order valence-electron chi connectivity index (χ0n) is 24.5. The largest absolute Gasteiger partial charge is 0.480 e. The number of anilines is 1.